The molecule has 2 aliphatic rings. The molecule has 0 aliphatic carbocycles. The molecule has 74 valence electrons. The van der Waals surface area contributed by atoms with Crippen LogP contribution in [0.15, 0.2) is 0 Å². The lowest BCUT2D eigenvalue weighted by atomic mass is 10.2. The number of amides is 2. The van der Waals surface area contributed by atoms with E-state index in [2.05, 4.69) is 5.32 Å². The van der Waals surface area contributed by atoms with Crippen LogP contribution in [0.3, 0.4) is 0 Å². The Morgan fingerprint density at radius 2 is 2.38 bits per heavy atom. The molecule has 4 heteroatoms. The van der Waals surface area contributed by atoms with E-state index in [1.165, 1.54) is 0 Å². The lowest BCUT2D eigenvalue weighted by Crippen LogP contribution is -2.40. The first-order valence-corrected chi connectivity index (χ1v) is 5.09. The van der Waals surface area contributed by atoms with Crippen LogP contribution in [0.4, 0.5) is 4.79 Å². The van der Waals surface area contributed by atoms with Crippen molar-refractivity contribution in [1.82, 2.24) is 15.1 Å². The van der Waals surface area contributed by atoms with Crippen molar-refractivity contribution in [3.05, 3.63) is 0 Å². The van der Waals surface area contributed by atoms with E-state index in [9.17, 15) is 4.79 Å². The molecule has 0 radical (unpaired) electrons. The molecule has 2 saturated heterocycles. The fraction of sp³-hybridized carbons (Fsp3) is 0.889. The second kappa shape index (κ2) is 3.54. The van der Waals surface area contributed by atoms with E-state index >= 15 is 0 Å². The Balaban J connectivity index is 1.97. The van der Waals surface area contributed by atoms with Crippen LogP contribution in [-0.4, -0.2) is 54.6 Å². The van der Waals surface area contributed by atoms with Crippen LogP contribution >= 0.6 is 0 Å². The molecular weight excluding hydrogens is 166 g/mol. The summed E-state index contributed by atoms with van der Waals surface area (Å²) in [6.45, 7) is 6.73. The number of hydrogen-bond acceptors (Lipinski definition) is 2. The number of rotatable bonds is 2. The fourth-order valence-electron chi connectivity index (χ4n) is 2.14. The molecular formula is C9H17N3O. The van der Waals surface area contributed by atoms with Crippen LogP contribution in [0, 0.1) is 0 Å². The van der Waals surface area contributed by atoms with Gasteiger partial charge in [0.25, 0.3) is 0 Å². The second-order valence-electron chi connectivity index (χ2n) is 3.70. The van der Waals surface area contributed by atoms with E-state index in [4.69, 9.17) is 0 Å². The number of carbonyl (C=O) groups is 1. The van der Waals surface area contributed by atoms with Crippen molar-refractivity contribution in [3.8, 4) is 0 Å². The van der Waals surface area contributed by atoms with Crippen molar-refractivity contribution >= 4 is 6.03 Å². The average Bonchev–Trinajstić information content (AvgIpc) is 2.72. The highest BCUT2D eigenvalue weighted by atomic mass is 16.2. The summed E-state index contributed by atoms with van der Waals surface area (Å²) < 4.78 is 0. The maximum Gasteiger partial charge on any atom is 0.320 e. The van der Waals surface area contributed by atoms with E-state index in [0.717, 1.165) is 39.1 Å². The topological polar surface area (TPSA) is 35.6 Å². The monoisotopic (exact) mass is 183 g/mol. The molecule has 0 spiro atoms. The highest BCUT2D eigenvalue weighted by molar-refractivity contribution is 5.76. The molecule has 0 unspecified atom stereocenters. The van der Waals surface area contributed by atoms with Crippen LogP contribution < -0.4 is 5.32 Å². The number of nitrogens with one attached hydrogen (secondary N) is 1. The lowest BCUT2D eigenvalue weighted by molar-refractivity contribution is 0.181. The van der Waals surface area contributed by atoms with E-state index in [0.29, 0.717) is 6.04 Å². The summed E-state index contributed by atoms with van der Waals surface area (Å²) in [5.41, 5.74) is 0. The van der Waals surface area contributed by atoms with Crippen LogP contribution in [0.25, 0.3) is 0 Å². The van der Waals surface area contributed by atoms with Crippen molar-refractivity contribution < 1.29 is 4.79 Å². The molecule has 0 bridgehead atoms. The third-order valence-electron chi connectivity index (χ3n) is 2.98. The second-order valence-corrected chi connectivity index (χ2v) is 3.70. The van der Waals surface area contributed by atoms with Crippen LogP contribution in [0.2, 0.25) is 0 Å². The summed E-state index contributed by atoms with van der Waals surface area (Å²) in [5, 5.41) is 3.29. The normalized spacial score (nSPS) is 29.0. The van der Waals surface area contributed by atoms with Crippen molar-refractivity contribution in [2.45, 2.75) is 19.4 Å². The number of nitrogens with zero attached hydrogens (tertiary/aromatic N) is 2. The zero-order valence-corrected chi connectivity index (χ0v) is 8.12. The fourth-order valence-corrected chi connectivity index (χ4v) is 2.14. The van der Waals surface area contributed by atoms with Gasteiger partial charge in [0, 0.05) is 32.2 Å². The van der Waals surface area contributed by atoms with Crippen molar-refractivity contribution in [3.63, 3.8) is 0 Å². The Bertz CT molecular complexity index is 201. The molecule has 4 nitrogen and oxygen atoms in total. The lowest BCUT2D eigenvalue weighted by Gasteiger charge is -2.23. The minimum Gasteiger partial charge on any atom is -0.323 e. The molecule has 0 aromatic heterocycles. The quantitative estimate of drug-likeness (QED) is 0.659. The van der Waals surface area contributed by atoms with E-state index in [-0.39, 0.29) is 6.03 Å². The molecule has 2 rings (SSSR count). The predicted molar refractivity (Wildman–Crippen MR) is 50.6 cm³/mol. The Labute approximate surface area is 78.9 Å². The molecule has 2 amide bonds. The van der Waals surface area contributed by atoms with Gasteiger partial charge in [-0.15, -0.1) is 0 Å². The maximum atomic E-state index is 11.7. The van der Waals surface area contributed by atoms with Crippen molar-refractivity contribution in [1.29, 1.82) is 0 Å². The first kappa shape index (κ1) is 8.81. The highest BCUT2D eigenvalue weighted by Crippen LogP contribution is 2.15. The third kappa shape index (κ3) is 1.50. The molecule has 2 aliphatic heterocycles. The molecule has 1 atom stereocenters. The molecule has 13 heavy (non-hydrogen) atoms. The minimum atomic E-state index is 0.233. The maximum absolute atomic E-state index is 11.7. The molecule has 0 saturated carbocycles. The smallest absolute Gasteiger partial charge is 0.320 e. The van der Waals surface area contributed by atoms with Gasteiger partial charge in [-0.3, -0.25) is 0 Å². The largest absolute Gasteiger partial charge is 0.323 e. The molecule has 0 aromatic carbocycles. The van der Waals surface area contributed by atoms with Crippen LogP contribution in [0.5, 0.6) is 0 Å². The highest BCUT2D eigenvalue weighted by Gasteiger charge is 2.33. The van der Waals surface area contributed by atoms with Gasteiger partial charge in [0.1, 0.15) is 0 Å². The summed E-state index contributed by atoms with van der Waals surface area (Å²) in [5.74, 6) is 0. The first-order chi connectivity index (χ1) is 6.33. The van der Waals surface area contributed by atoms with Crippen LogP contribution in [-0.2, 0) is 0 Å². The molecule has 1 N–H and O–H groups in total. The van der Waals surface area contributed by atoms with Gasteiger partial charge in [-0.05, 0) is 19.9 Å². The van der Waals surface area contributed by atoms with Crippen molar-refractivity contribution in [2.75, 3.05) is 32.7 Å². The summed E-state index contributed by atoms with van der Waals surface area (Å²) in [6.07, 6.45) is 1.11. The zero-order chi connectivity index (χ0) is 9.26. The van der Waals surface area contributed by atoms with Crippen LogP contribution in [0.1, 0.15) is 13.3 Å². The molecule has 2 fully saturated rings. The van der Waals surface area contributed by atoms with Crippen molar-refractivity contribution in [2.24, 2.45) is 0 Å². The van der Waals surface area contributed by atoms with Gasteiger partial charge in [-0.25, -0.2) is 4.79 Å². The Morgan fingerprint density at radius 1 is 1.54 bits per heavy atom. The van der Waals surface area contributed by atoms with Gasteiger partial charge in [0.15, 0.2) is 0 Å². The summed E-state index contributed by atoms with van der Waals surface area (Å²) in [6, 6.07) is 0.681. The minimum absolute atomic E-state index is 0.233. The van der Waals surface area contributed by atoms with E-state index in [1.54, 1.807) is 0 Å². The Morgan fingerprint density at radius 3 is 2.92 bits per heavy atom. The first-order valence-electron chi connectivity index (χ1n) is 5.09. The SMILES string of the molecule is CCN1CCN([C@@H]2CCNC2)C1=O. The summed E-state index contributed by atoms with van der Waals surface area (Å²) in [4.78, 5) is 15.7. The van der Waals surface area contributed by atoms with Gasteiger partial charge in [0.2, 0.25) is 0 Å². The van der Waals surface area contributed by atoms with E-state index in [1.807, 2.05) is 16.7 Å². The van der Waals surface area contributed by atoms with Gasteiger partial charge in [0.05, 0.1) is 0 Å². The Hall–Kier alpha value is -0.770. The number of carbonyl (C=O) groups excluding carboxylic acids is 1. The number of hydrogen-bond donors (Lipinski definition) is 1. The van der Waals surface area contributed by atoms with Gasteiger partial charge in [-0.2, -0.15) is 0 Å². The summed E-state index contributed by atoms with van der Waals surface area (Å²) in [7, 11) is 0. The summed E-state index contributed by atoms with van der Waals surface area (Å²) >= 11 is 0. The third-order valence-corrected chi connectivity index (χ3v) is 2.98. The zero-order valence-electron chi connectivity index (χ0n) is 8.12. The molecule has 0 aromatic rings. The number of likely N-dealkylation sites (N-methyl/N-ethyl adjacent to an activating group) is 1. The molecule has 2 heterocycles. The van der Waals surface area contributed by atoms with Gasteiger partial charge in [-0.1, -0.05) is 0 Å². The van der Waals surface area contributed by atoms with E-state index < -0.39 is 0 Å². The average molecular weight is 183 g/mol. The number of urea groups is 1. The standard InChI is InChI=1S/C9H17N3O/c1-2-11-5-6-12(9(11)13)8-3-4-10-7-8/h8,10H,2-7H2,1H3/t8-/m1/s1. The van der Waals surface area contributed by atoms with Gasteiger partial charge < -0.3 is 15.1 Å². The predicted octanol–water partition coefficient (Wildman–Crippen LogP) is 0.106. The Kier molecular flexibility index (Phi) is 2.40. The van der Waals surface area contributed by atoms with Gasteiger partial charge >= 0.3 is 6.03 Å².